The van der Waals surface area contributed by atoms with Crippen molar-refractivity contribution in [3.05, 3.63) is 24.3 Å². The van der Waals surface area contributed by atoms with E-state index in [0.717, 1.165) is 6.42 Å². The monoisotopic (exact) mass is 291 g/mol. The van der Waals surface area contributed by atoms with Crippen molar-refractivity contribution < 1.29 is 13.2 Å². The Hall–Kier alpha value is -0.780. The van der Waals surface area contributed by atoms with E-state index in [0.29, 0.717) is 24.8 Å². The zero-order chi connectivity index (χ0) is 13.6. The molecular formula is C12H18ClNO3S. The van der Waals surface area contributed by atoms with Gasteiger partial charge in [-0.2, -0.15) is 0 Å². The van der Waals surface area contributed by atoms with Gasteiger partial charge in [-0.3, -0.25) is 0 Å². The molecule has 0 radical (unpaired) electrons. The summed E-state index contributed by atoms with van der Waals surface area (Å²) in [7, 11) is -1.82. The van der Waals surface area contributed by atoms with Crippen LogP contribution in [0.2, 0.25) is 0 Å². The molecule has 1 aromatic rings. The van der Waals surface area contributed by atoms with Gasteiger partial charge in [0.15, 0.2) is 0 Å². The van der Waals surface area contributed by atoms with Gasteiger partial charge in [-0.05, 0) is 30.7 Å². The van der Waals surface area contributed by atoms with Crippen molar-refractivity contribution in [3.63, 3.8) is 0 Å². The first kappa shape index (κ1) is 15.3. The van der Waals surface area contributed by atoms with Gasteiger partial charge in [0.1, 0.15) is 5.75 Å². The number of ether oxygens (including phenoxy) is 1. The van der Waals surface area contributed by atoms with E-state index in [1.165, 1.54) is 4.31 Å². The Morgan fingerprint density at radius 3 is 2.39 bits per heavy atom. The van der Waals surface area contributed by atoms with Crippen molar-refractivity contribution in [2.24, 2.45) is 0 Å². The molecule has 0 spiro atoms. The van der Waals surface area contributed by atoms with Gasteiger partial charge in [0, 0.05) is 19.5 Å². The van der Waals surface area contributed by atoms with Crippen LogP contribution in [0.3, 0.4) is 0 Å². The number of benzene rings is 1. The Labute approximate surface area is 114 Å². The van der Waals surface area contributed by atoms with Crippen molar-refractivity contribution in [3.8, 4) is 5.75 Å². The number of rotatable bonds is 7. The van der Waals surface area contributed by atoms with Crippen LogP contribution in [0.5, 0.6) is 5.75 Å². The lowest BCUT2D eigenvalue weighted by molar-refractivity contribution is 0.318. The SMILES string of the molecule is CCN(C)S(=O)(=O)c1ccc(OCCCCl)cc1. The summed E-state index contributed by atoms with van der Waals surface area (Å²) in [6.07, 6.45) is 0.764. The molecule has 0 bridgehead atoms. The summed E-state index contributed by atoms with van der Waals surface area (Å²) >= 11 is 5.54. The molecule has 0 saturated heterocycles. The van der Waals surface area contributed by atoms with E-state index < -0.39 is 10.0 Å². The Morgan fingerprint density at radius 2 is 1.89 bits per heavy atom. The number of nitrogens with zero attached hydrogens (tertiary/aromatic N) is 1. The third-order valence-electron chi connectivity index (χ3n) is 2.52. The molecule has 0 amide bonds. The van der Waals surface area contributed by atoms with E-state index in [1.54, 1.807) is 38.2 Å². The predicted molar refractivity (Wildman–Crippen MR) is 72.8 cm³/mol. The first-order valence-electron chi connectivity index (χ1n) is 5.77. The fourth-order valence-corrected chi connectivity index (χ4v) is 2.59. The van der Waals surface area contributed by atoms with Gasteiger partial charge < -0.3 is 4.74 Å². The molecule has 0 aromatic heterocycles. The maximum Gasteiger partial charge on any atom is 0.242 e. The molecule has 0 heterocycles. The van der Waals surface area contributed by atoms with Gasteiger partial charge in [0.2, 0.25) is 10.0 Å². The van der Waals surface area contributed by atoms with Crippen molar-refractivity contribution >= 4 is 21.6 Å². The van der Waals surface area contributed by atoms with Crippen molar-refractivity contribution in [1.82, 2.24) is 4.31 Å². The Bertz CT molecular complexity index is 459. The molecule has 0 N–H and O–H groups in total. The number of sulfonamides is 1. The van der Waals surface area contributed by atoms with E-state index in [2.05, 4.69) is 0 Å². The normalized spacial score (nSPS) is 11.8. The number of alkyl halides is 1. The lowest BCUT2D eigenvalue weighted by Crippen LogP contribution is -2.26. The molecule has 102 valence electrons. The first-order chi connectivity index (χ1) is 8.52. The summed E-state index contributed by atoms with van der Waals surface area (Å²) in [5, 5.41) is 0. The highest BCUT2D eigenvalue weighted by Gasteiger charge is 2.18. The third kappa shape index (κ3) is 3.86. The Balaban J connectivity index is 2.77. The van der Waals surface area contributed by atoms with Crippen LogP contribution in [0.15, 0.2) is 29.2 Å². The van der Waals surface area contributed by atoms with E-state index >= 15 is 0 Å². The molecule has 6 heteroatoms. The van der Waals surface area contributed by atoms with Gasteiger partial charge in [0.25, 0.3) is 0 Å². The molecule has 1 aromatic carbocycles. The largest absolute Gasteiger partial charge is 0.494 e. The van der Waals surface area contributed by atoms with Gasteiger partial charge in [-0.25, -0.2) is 12.7 Å². The number of halogens is 1. The summed E-state index contributed by atoms with van der Waals surface area (Å²) in [6, 6.07) is 6.42. The lowest BCUT2D eigenvalue weighted by atomic mass is 10.3. The molecule has 0 unspecified atom stereocenters. The number of hydrogen-bond acceptors (Lipinski definition) is 3. The van der Waals surface area contributed by atoms with Crippen LogP contribution in [0.4, 0.5) is 0 Å². The van der Waals surface area contributed by atoms with E-state index in [4.69, 9.17) is 16.3 Å². The maximum atomic E-state index is 12.0. The molecule has 0 aliphatic rings. The summed E-state index contributed by atoms with van der Waals surface area (Å²) in [5.41, 5.74) is 0. The molecule has 0 atom stereocenters. The third-order valence-corrected chi connectivity index (χ3v) is 4.74. The average molecular weight is 292 g/mol. The summed E-state index contributed by atoms with van der Waals surface area (Å²) in [4.78, 5) is 0.275. The summed E-state index contributed by atoms with van der Waals surface area (Å²) in [6.45, 7) is 2.77. The van der Waals surface area contributed by atoms with E-state index in [9.17, 15) is 8.42 Å². The van der Waals surface area contributed by atoms with Gasteiger partial charge in [-0.15, -0.1) is 11.6 Å². The van der Waals surface area contributed by atoms with Gasteiger partial charge in [-0.1, -0.05) is 6.92 Å². The van der Waals surface area contributed by atoms with Crippen LogP contribution in [0, 0.1) is 0 Å². The summed E-state index contributed by atoms with van der Waals surface area (Å²) in [5.74, 6) is 1.20. The fourth-order valence-electron chi connectivity index (χ4n) is 1.30. The van der Waals surface area contributed by atoms with Crippen LogP contribution in [0.1, 0.15) is 13.3 Å². The zero-order valence-electron chi connectivity index (χ0n) is 10.6. The topological polar surface area (TPSA) is 46.6 Å². The Kier molecular flexibility index (Phi) is 5.91. The molecular weight excluding hydrogens is 274 g/mol. The molecule has 0 saturated carbocycles. The summed E-state index contributed by atoms with van der Waals surface area (Å²) < 4.78 is 30.7. The molecule has 18 heavy (non-hydrogen) atoms. The molecule has 0 fully saturated rings. The van der Waals surface area contributed by atoms with Crippen LogP contribution in [-0.4, -0.2) is 38.8 Å². The van der Waals surface area contributed by atoms with Crippen molar-refractivity contribution in [2.45, 2.75) is 18.2 Å². The second-order valence-electron chi connectivity index (χ2n) is 3.78. The second-order valence-corrected chi connectivity index (χ2v) is 6.20. The standard InChI is InChI=1S/C12H18ClNO3S/c1-3-14(2)18(15,16)12-7-5-11(6-8-12)17-10-4-9-13/h5-8H,3-4,9-10H2,1-2H3. The highest BCUT2D eigenvalue weighted by atomic mass is 35.5. The quantitative estimate of drug-likeness (QED) is 0.572. The molecule has 0 aliphatic carbocycles. The fraction of sp³-hybridized carbons (Fsp3) is 0.500. The van der Waals surface area contributed by atoms with Crippen LogP contribution in [-0.2, 0) is 10.0 Å². The minimum absolute atomic E-state index is 0.275. The van der Waals surface area contributed by atoms with Crippen molar-refractivity contribution in [1.29, 1.82) is 0 Å². The lowest BCUT2D eigenvalue weighted by Gasteiger charge is -2.15. The highest BCUT2D eigenvalue weighted by molar-refractivity contribution is 7.89. The Morgan fingerprint density at radius 1 is 1.28 bits per heavy atom. The predicted octanol–water partition coefficient (Wildman–Crippen LogP) is 2.33. The molecule has 0 aliphatic heterocycles. The minimum atomic E-state index is -3.37. The highest BCUT2D eigenvalue weighted by Crippen LogP contribution is 2.18. The molecule has 1 rings (SSSR count). The first-order valence-corrected chi connectivity index (χ1v) is 7.75. The van der Waals surface area contributed by atoms with Crippen LogP contribution in [0.25, 0.3) is 0 Å². The van der Waals surface area contributed by atoms with Gasteiger partial charge in [0.05, 0.1) is 11.5 Å². The van der Waals surface area contributed by atoms with E-state index in [-0.39, 0.29) is 4.90 Å². The van der Waals surface area contributed by atoms with Crippen LogP contribution < -0.4 is 4.74 Å². The average Bonchev–Trinajstić information content (AvgIpc) is 2.38. The zero-order valence-corrected chi connectivity index (χ0v) is 12.2. The smallest absolute Gasteiger partial charge is 0.242 e. The number of hydrogen-bond donors (Lipinski definition) is 0. The van der Waals surface area contributed by atoms with Gasteiger partial charge >= 0.3 is 0 Å². The molecule has 4 nitrogen and oxygen atoms in total. The van der Waals surface area contributed by atoms with E-state index in [1.807, 2.05) is 0 Å². The maximum absolute atomic E-state index is 12.0. The van der Waals surface area contributed by atoms with Crippen molar-refractivity contribution in [2.75, 3.05) is 26.1 Å². The second kappa shape index (κ2) is 6.97. The minimum Gasteiger partial charge on any atom is -0.494 e. The van der Waals surface area contributed by atoms with Crippen LogP contribution >= 0.6 is 11.6 Å².